The molecule has 0 bridgehead atoms. The molecule has 1 heterocycles. The van der Waals surface area contributed by atoms with E-state index in [4.69, 9.17) is 0 Å². The van der Waals surface area contributed by atoms with Crippen molar-refractivity contribution in [2.24, 2.45) is 12.5 Å². The van der Waals surface area contributed by atoms with E-state index in [1.54, 1.807) is 4.68 Å². The van der Waals surface area contributed by atoms with Gasteiger partial charge in [0, 0.05) is 18.8 Å². The summed E-state index contributed by atoms with van der Waals surface area (Å²) < 4.78 is 1.70. The summed E-state index contributed by atoms with van der Waals surface area (Å²) in [6.07, 6.45) is 5.93. The van der Waals surface area contributed by atoms with Crippen molar-refractivity contribution in [1.29, 1.82) is 5.26 Å². The van der Waals surface area contributed by atoms with Crippen molar-refractivity contribution in [3.05, 3.63) is 17.5 Å². The smallest absolute Gasteiger partial charge is 0.101 e. The molecule has 0 aromatic carbocycles. The third-order valence-corrected chi connectivity index (χ3v) is 3.84. The molecule has 1 unspecified atom stereocenters. The van der Waals surface area contributed by atoms with Gasteiger partial charge in [-0.1, -0.05) is 19.3 Å². The van der Waals surface area contributed by atoms with Crippen molar-refractivity contribution in [3.8, 4) is 6.07 Å². The first-order valence-electron chi connectivity index (χ1n) is 6.18. The highest BCUT2D eigenvalue weighted by Gasteiger charge is 2.41. The van der Waals surface area contributed by atoms with Gasteiger partial charge >= 0.3 is 0 Å². The second-order valence-corrected chi connectivity index (χ2v) is 5.07. The summed E-state index contributed by atoms with van der Waals surface area (Å²) >= 11 is 0. The van der Waals surface area contributed by atoms with E-state index in [2.05, 4.69) is 11.2 Å². The van der Waals surface area contributed by atoms with Gasteiger partial charge in [-0.05, 0) is 19.8 Å². The molecule has 1 aliphatic carbocycles. The first kappa shape index (κ1) is 12.1. The van der Waals surface area contributed by atoms with Gasteiger partial charge in [-0.25, -0.2) is 0 Å². The SMILES string of the molecule is Cc1nn(C)cc1C(O)C1(C#N)CCCCC1. The van der Waals surface area contributed by atoms with Gasteiger partial charge in [0.2, 0.25) is 0 Å². The maximum absolute atomic E-state index is 10.5. The molecule has 1 aromatic heterocycles. The monoisotopic (exact) mass is 233 g/mol. The van der Waals surface area contributed by atoms with Crippen molar-refractivity contribution in [2.45, 2.75) is 45.1 Å². The second-order valence-electron chi connectivity index (χ2n) is 5.07. The van der Waals surface area contributed by atoms with Crippen LogP contribution in [0.2, 0.25) is 0 Å². The van der Waals surface area contributed by atoms with Crippen molar-refractivity contribution in [1.82, 2.24) is 9.78 Å². The number of hydrogen-bond acceptors (Lipinski definition) is 3. The Bertz CT molecular complexity index is 438. The van der Waals surface area contributed by atoms with E-state index in [9.17, 15) is 10.4 Å². The van der Waals surface area contributed by atoms with Crippen molar-refractivity contribution < 1.29 is 5.11 Å². The van der Waals surface area contributed by atoms with Crippen LogP contribution in [0.25, 0.3) is 0 Å². The highest BCUT2D eigenvalue weighted by molar-refractivity contribution is 5.24. The second kappa shape index (κ2) is 4.50. The summed E-state index contributed by atoms with van der Waals surface area (Å²) in [7, 11) is 1.84. The minimum absolute atomic E-state index is 0.605. The first-order chi connectivity index (χ1) is 8.09. The van der Waals surface area contributed by atoms with Gasteiger partial charge in [-0.3, -0.25) is 4.68 Å². The summed E-state index contributed by atoms with van der Waals surface area (Å²) in [6, 6.07) is 2.37. The number of hydrogen-bond donors (Lipinski definition) is 1. The molecule has 4 nitrogen and oxygen atoms in total. The first-order valence-corrected chi connectivity index (χ1v) is 6.18. The molecular formula is C13H19N3O. The van der Waals surface area contributed by atoms with Crippen LogP contribution < -0.4 is 0 Å². The largest absolute Gasteiger partial charge is 0.387 e. The Labute approximate surface area is 102 Å². The average molecular weight is 233 g/mol. The number of aliphatic hydroxyl groups is 1. The van der Waals surface area contributed by atoms with Crippen LogP contribution in [0.4, 0.5) is 0 Å². The van der Waals surface area contributed by atoms with Crippen LogP contribution in [-0.2, 0) is 7.05 Å². The minimum atomic E-state index is -0.707. The maximum atomic E-state index is 10.5. The number of aromatic nitrogens is 2. The molecule has 0 amide bonds. The van der Waals surface area contributed by atoms with Crippen LogP contribution in [0.5, 0.6) is 0 Å². The zero-order chi connectivity index (χ0) is 12.5. The number of nitrogens with zero attached hydrogens (tertiary/aromatic N) is 3. The summed E-state index contributed by atoms with van der Waals surface area (Å²) in [5.74, 6) is 0. The van der Waals surface area contributed by atoms with Crippen LogP contribution in [0.1, 0.15) is 49.5 Å². The highest BCUT2D eigenvalue weighted by atomic mass is 16.3. The van der Waals surface area contributed by atoms with Gasteiger partial charge in [0.05, 0.1) is 17.2 Å². The maximum Gasteiger partial charge on any atom is 0.101 e. The molecule has 0 aliphatic heterocycles. The lowest BCUT2D eigenvalue weighted by Crippen LogP contribution is -2.30. The van der Waals surface area contributed by atoms with E-state index in [0.717, 1.165) is 36.9 Å². The third kappa shape index (κ3) is 2.07. The van der Waals surface area contributed by atoms with Crippen molar-refractivity contribution >= 4 is 0 Å². The molecule has 92 valence electrons. The van der Waals surface area contributed by atoms with Crippen LogP contribution >= 0.6 is 0 Å². The predicted octanol–water partition coefficient (Wildman–Crippen LogP) is 2.24. The molecule has 1 atom stereocenters. The Hall–Kier alpha value is -1.34. The average Bonchev–Trinajstić information content (AvgIpc) is 2.68. The van der Waals surface area contributed by atoms with Crippen LogP contribution in [-0.4, -0.2) is 14.9 Å². The molecule has 1 aromatic rings. The molecular weight excluding hydrogens is 214 g/mol. The number of nitriles is 1. The van der Waals surface area contributed by atoms with Gasteiger partial charge in [0.15, 0.2) is 0 Å². The van der Waals surface area contributed by atoms with E-state index in [-0.39, 0.29) is 0 Å². The van der Waals surface area contributed by atoms with Crippen LogP contribution in [0, 0.1) is 23.7 Å². The van der Waals surface area contributed by atoms with E-state index in [1.807, 2.05) is 20.2 Å². The van der Waals surface area contributed by atoms with Gasteiger partial charge in [0.25, 0.3) is 0 Å². The van der Waals surface area contributed by atoms with E-state index >= 15 is 0 Å². The van der Waals surface area contributed by atoms with Crippen molar-refractivity contribution in [2.75, 3.05) is 0 Å². The lowest BCUT2D eigenvalue weighted by atomic mass is 9.69. The van der Waals surface area contributed by atoms with Crippen LogP contribution in [0.3, 0.4) is 0 Å². The molecule has 1 saturated carbocycles. The third-order valence-electron chi connectivity index (χ3n) is 3.84. The lowest BCUT2D eigenvalue weighted by Gasteiger charge is -2.34. The molecule has 2 rings (SSSR count). The fourth-order valence-corrected chi connectivity index (χ4v) is 2.81. The molecule has 1 aliphatic rings. The van der Waals surface area contributed by atoms with E-state index < -0.39 is 11.5 Å². The molecule has 0 saturated heterocycles. The summed E-state index contributed by atoms with van der Waals surface area (Å²) in [4.78, 5) is 0. The molecule has 4 heteroatoms. The Kier molecular flexibility index (Phi) is 3.21. The van der Waals surface area contributed by atoms with Gasteiger partial charge in [-0.2, -0.15) is 10.4 Å². The minimum Gasteiger partial charge on any atom is -0.387 e. The van der Waals surface area contributed by atoms with Gasteiger partial charge in [-0.15, -0.1) is 0 Å². The lowest BCUT2D eigenvalue weighted by molar-refractivity contribution is 0.0355. The molecule has 1 N–H and O–H groups in total. The number of rotatable bonds is 2. The fourth-order valence-electron chi connectivity index (χ4n) is 2.81. The number of aryl methyl sites for hydroxylation is 2. The topological polar surface area (TPSA) is 61.8 Å². The van der Waals surface area contributed by atoms with Gasteiger partial charge < -0.3 is 5.11 Å². The molecule has 0 spiro atoms. The molecule has 0 radical (unpaired) electrons. The van der Waals surface area contributed by atoms with Crippen LogP contribution in [0.15, 0.2) is 6.20 Å². The highest BCUT2D eigenvalue weighted by Crippen LogP contribution is 2.45. The summed E-state index contributed by atoms with van der Waals surface area (Å²) in [6.45, 7) is 1.88. The zero-order valence-electron chi connectivity index (χ0n) is 10.5. The Morgan fingerprint density at radius 3 is 2.59 bits per heavy atom. The van der Waals surface area contributed by atoms with Crippen molar-refractivity contribution in [3.63, 3.8) is 0 Å². The van der Waals surface area contributed by atoms with E-state index in [0.29, 0.717) is 0 Å². The zero-order valence-corrected chi connectivity index (χ0v) is 10.5. The molecule has 17 heavy (non-hydrogen) atoms. The Morgan fingerprint density at radius 2 is 2.12 bits per heavy atom. The Morgan fingerprint density at radius 1 is 1.47 bits per heavy atom. The predicted molar refractivity (Wildman–Crippen MR) is 64.0 cm³/mol. The summed E-state index contributed by atoms with van der Waals surface area (Å²) in [5, 5.41) is 24.2. The van der Waals surface area contributed by atoms with Gasteiger partial charge in [0.1, 0.15) is 6.10 Å². The Balaban J connectivity index is 2.32. The molecule has 1 fully saturated rings. The summed E-state index contributed by atoms with van der Waals surface area (Å²) in [5.41, 5.74) is 1.02. The quantitative estimate of drug-likeness (QED) is 0.852. The normalized spacial score (nSPS) is 20.8. The number of aliphatic hydroxyl groups excluding tert-OH is 1. The van der Waals surface area contributed by atoms with E-state index in [1.165, 1.54) is 6.42 Å². The standard InChI is InChI=1S/C13H19N3O/c1-10-11(8-16(2)15-10)12(17)13(9-14)6-4-3-5-7-13/h8,12,17H,3-7H2,1-2H3. The fraction of sp³-hybridized carbons (Fsp3) is 0.692.